The Morgan fingerprint density at radius 3 is 2.40 bits per heavy atom. The molecule has 0 saturated heterocycles. The van der Waals surface area contributed by atoms with Crippen LogP contribution in [0, 0.1) is 6.92 Å². The van der Waals surface area contributed by atoms with Crippen LogP contribution >= 0.6 is 0 Å². The van der Waals surface area contributed by atoms with Gasteiger partial charge in [0.15, 0.2) is 0 Å². The van der Waals surface area contributed by atoms with Gasteiger partial charge in [-0.05, 0) is 67.4 Å². The molecule has 184 valence electrons. The van der Waals surface area contributed by atoms with E-state index < -0.39 is 22.5 Å². The molecule has 0 radical (unpaired) electrons. The lowest BCUT2D eigenvalue weighted by atomic mass is 10.2. The summed E-state index contributed by atoms with van der Waals surface area (Å²) in [5.41, 5.74) is 4.38. The van der Waals surface area contributed by atoms with Gasteiger partial charge in [0.05, 0.1) is 30.5 Å². The average Bonchev–Trinajstić information content (AvgIpc) is 2.87. The van der Waals surface area contributed by atoms with Crippen molar-refractivity contribution >= 4 is 27.8 Å². The molecule has 35 heavy (non-hydrogen) atoms. The first-order valence-electron chi connectivity index (χ1n) is 11.1. The molecule has 3 aromatic rings. The Labute approximate surface area is 206 Å². The number of sulfonamides is 1. The molecule has 0 aliphatic heterocycles. The van der Waals surface area contributed by atoms with Gasteiger partial charge in [-0.3, -0.25) is 9.10 Å². The number of ether oxygens (including phenoxy) is 2. The lowest BCUT2D eigenvalue weighted by Crippen LogP contribution is -2.39. The van der Waals surface area contributed by atoms with Crippen molar-refractivity contribution in [2.75, 3.05) is 24.6 Å². The molecule has 0 bridgehead atoms. The first kappa shape index (κ1) is 25.8. The fourth-order valence-electron chi connectivity index (χ4n) is 3.13. The monoisotopic (exact) mass is 495 g/mol. The zero-order chi connectivity index (χ0) is 25.3. The number of hydrazone groups is 1. The average molecular weight is 496 g/mol. The largest absolute Gasteiger partial charge is 0.497 e. The van der Waals surface area contributed by atoms with E-state index in [0.29, 0.717) is 18.0 Å². The van der Waals surface area contributed by atoms with Crippen molar-refractivity contribution in [1.82, 2.24) is 5.43 Å². The van der Waals surface area contributed by atoms with Gasteiger partial charge in [0.25, 0.3) is 15.9 Å². The highest BCUT2D eigenvalue weighted by Gasteiger charge is 2.27. The van der Waals surface area contributed by atoms with Crippen molar-refractivity contribution in [2.24, 2.45) is 5.10 Å². The molecule has 0 aromatic heterocycles. The molecule has 0 fully saturated rings. The zero-order valence-electron chi connectivity index (χ0n) is 20.0. The number of aryl methyl sites for hydroxylation is 1. The maximum atomic E-state index is 13.4. The third-order valence-electron chi connectivity index (χ3n) is 4.99. The van der Waals surface area contributed by atoms with Gasteiger partial charge in [0.2, 0.25) is 0 Å². The zero-order valence-corrected chi connectivity index (χ0v) is 20.8. The Morgan fingerprint density at radius 1 is 1.03 bits per heavy atom. The number of hydrogen-bond acceptors (Lipinski definition) is 6. The van der Waals surface area contributed by atoms with Crippen LogP contribution in [0.4, 0.5) is 5.69 Å². The van der Waals surface area contributed by atoms with E-state index in [1.165, 1.54) is 25.5 Å². The van der Waals surface area contributed by atoms with Crippen molar-refractivity contribution in [3.8, 4) is 11.5 Å². The first-order chi connectivity index (χ1) is 16.8. The summed E-state index contributed by atoms with van der Waals surface area (Å²) in [7, 11) is -2.54. The van der Waals surface area contributed by atoms with Crippen LogP contribution < -0.4 is 19.2 Å². The van der Waals surface area contributed by atoms with E-state index >= 15 is 0 Å². The van der Waals surface area contributed by atoms with Gasteiger partial charge in [-0.15, -0.1) is 0 Å². The normalized spacial score (nSPS) is 11.3. The van der Waals surface area contributed by atoms with E-state index in [-0.39, 0.29) is 4.90 Å². The molecule has 3 rings (SSSR count). The number of benzene rings is 3. The van der Waals surface area contributed by atoms with Crippen LogP contribution in [0.5, 0.6) is 11.5 Å². The number of hydrogen-bond donors (Lipinski definition) is 1. The number of carbonyl (C=O) groups is 1. The number of nitrogens with one attached hydrogen (secondary N) is 1. The second-order valence-electron chi connectivity index (χ2n) is 7.74. The first-order valence-corrected chi connectivity index (χ1v) is 12.6. The molecule has 0 saturated carbocycles. The standard InChI is InChI=1S/C26H29N3O5S/c1-4-16-34-23-12-10-21(11-13-23)18-27-28-26(30)19-29(22-6-5-7-24(17-22)33-3)35(31,32)25-14-8-20(2)9-15-25/h5-15,17-18H,4,16,19H2,1-3H3,(H,28,30)/b27-18-. The highest BCUT2D eigenvalue weighted by atomic mass is 32.2. The summed E-state index contributed by atoms with van der Waals surface area (Å²) in [6.45, 7) is 4.07. The van der Waals surface area contributed by atoms with Crippen molar-refractivity contribution in [3.63, 3.8) is 0 Å². The molecule has 3 aromatic carbocycles. The Bertz CT molecular complexity index is 1260. The van der Waals surface area contributed by atoms with E-state index in [1.807, 2.05) is 38.1 Å². The summed E-state index contributed by atoms with van der Waals surface area (Å²) in [5, 5.41) is 3.97. The van der Waals surface area contributed by atoms with E-state index in [1.54, 1.807) is 36.4 Å². The van der Waals surface area contributed by atoms with Gasteiger partial charge in [-0.2, -0.15) is 5.10 Å². The molecular formula is C26H29N3O5S. The Hall–Kier alpha value is -3.85. The summed E-state index contributed by atoms with van der Waals surface area (Å²) >= 11 is 0. The number of anilines is 1. The quantitative estimate of drug-likeness (QED) is 0.319. The minimum atomic E-state index is -4.03. The molecule has 0 spiro atoms. The van der Waals surface area contributed by atoms with E-state index in [9.17, 15) is 13.2 Å². The Morgan fingerprint density at radius 2 is 1.74 bits per heavy atom. The van der Waals surface area contributed by atoms with Crippen LogP contribution in [-0.4, -0.2) is 40.8 Å². The van der Waals surface area contributed by atoms with Gasteiger partial charge in [0.1, 0.15) is 18.0 Å². The second kappa shape index (κ2) is 12.0. The molecule has 0 aliphatic rings. The molecular weight excluding hydrogens is 466 g/mol. The molecule has 0 heterocycles. The maximum absolute atomic E-state index is 13.4. The van der Waals surface area contributed by atoms with Crippen LogP contribution in [0.2, 0.25) is 0 Å². The fourth-order valence-corrected chi connectivity index (χ4v) is 4.55. The lowest BCUT2D eigenvalue weighted by molar-refractivity contribution is -0.119. The van der Waals surface area contributed by atoms with Crippen LogP contribution in [-0.2, 0) is 14.8 Å². The highest BCUT2D eigenvalue weighted by Crippen LogP contribution is 2.27. The SMILES string of the molecule is CCCOc1ccc(/C=N\NC(=O)CN(c2cccc(OC)c2)S(=O)(=O)c2ccc(C)cc2)cc1. The predicted molar refractivity (Wildman–Crippen MR) is 137 cm³/mol. The van der Waals surface area contributed by atoms with Gasteiger partial charge in [-0.25, -0.2) is 13.8 Å². The van der Waals surface area contributed by atoms with Gasteiger partial charge < -0.3 is 9.47 Å². The second-order valence-corrected chi connectivity index (χ2v) is 9.60. The molecule has 0 aliphatic carbocycles. The van der Waals surface area contributed by atoms with E-state index in [0.717, 1.165) is 27.6 Å². The fraction of sp³-hybridized carbons (Fsp3) is 0.231. The van der Waals surface area contributed by atoms with Crippen LogP contribution in [0.15, 0.2) is 82.8 Å². The summed E-state index contributed by atoms with van der Waals surface area (Å²) in [5.74, 6) is 0.627. The molecule has 8 nitrogen and oxygen atoms in total. The molecule has 1 N–H and O–H groups in total. The van der Waals surface area contributed by atoms with Gasteiger partial charge in [0, 0.05) is 6.07 Å². The number of amides is 1. The topological polar surface area (TPSA) is 97.3 Å². The summed E-state index contributed by atoms with van der Waals surface area (Å²) in [4.78, 5) is 12.8. The van der Waals surface area contributed by atoms with Gasteiger partial charge >= 0.3 is 0 Å². The van der Waals surface area contributed by atoms with Gasteiger partial charge in [-0.1, -0.05) is 30.7 Å². The molecule has 0 atom stereocenters. The Kier molecular flexibility index (Phi) is 8.86. The maximum Gasteiger partial charge on any atom is 0.264 e. The lowest BCUT2D eigenvalue weighted by Gasteiger charge is -2.24. The van der Waals surface area contributed by atoms with Crippen molar-refractivity contribution in [3.05, 3.63) is 83.9 Å². The third kappa shape index (κ3) is 7.07. The number of nitrogens with zero attached hydrogens (tertiary/aromatic N) is 2. The molecule has 1 amide bonds. The third-order valence-corrected chi connectivity index (χ3v) is 6.78. The van der Waals surface area contributed by atoms with Crippen molar-refractivity contribution < 1.29 is 22.7 Å². The van der Waals surface area contributed by atoms with Crippen LogP contribution in [0.1, 0.15) is 24.5 Å². The minimum absolute atomic E-state index is 0.0765. The van der Waals surface area contributed by atoms with Crippen molar-refractivity contribution in [1.29, 1.82) is 0 Å². The number of methoxy groups -OCH3 is 1. The van der Waals surface area contributed by atoms with E-state index in [2.05, 4.69) is 10.5 Å². The summed E-state index contributed by atoms with van der Waals surface area (Å²) < 4.78 is 38.7. The van der Waals surface area contributed by atoms with Crippen LogP contribution in [0.25, 0.3) is 0 Å². The highest BCUT2D eigenvalue weighted by molar-refractivity contribution is 7.92. The molecule has 9 heteroatoms. The van der Waals surface area contributed by atoms with Crippen molar-refractivity contribution in [2.45, 2.75) is 25.2 Å². The number of rotatable bonds is 11. The summed E-state index contributed by atoms with van der Waals surface area (Å²) in [6, 6.07) is 20.2. The van der Waals surface area contributed by atoms with Crippen LogP contribution in [0.3, 0.4) is 0 Å². The minimum Gasteiger partial charge on any atom is -0.497 e. The van der Waals surface area contributed by atoms with E-state index in [4.69, 9.17) is 9.47 Å². The predicted octanol–water partition coefficient (Wildman–Crippen LogP) is 4.14. The summed E-state index contributed by atoms with van der Waals surface area (Å²) in [6.07, 6.45) is 2.40. The Balaban J connectivity index is 1.77. The smallest absolute Gasteiger partial charge is 0.264 e. The number of carbonyl (C=O) groups excluding carboxylic acids is 1. The molecule has 0 unspecified atom stereocenters.